The van der Waals surface area contributed by atoms with Crippen molar-refractivity contribution in [2.24, 2.45) is 0 Å². The van der Waals surface area contributed by atoms with Gasteiger partial charge in [0, 0.05) is 99.0 Å². The molecule has 2 saturated heterocycles. The van der Waals surface area contributed by atoms with Crippen molar-refractivity contribution >= 4 is 135 Å². The van der Waals surface area contributed by atoms with Gasteiger partial charge in [-0.05, 0) is 37.1 Å². The third-order valence-electron chi connectivity index (χ3n) is 9.39. The van der Waals surface area contributed by atoms with E-state index in [1.165, 1.54) is 49.9 Å². The second-order valence-electron chi connectivity index (χ2n) is 13.8. The second kappa shape index (κ2) is 29.3. The maximum atomic E-state index is 6.04. The Balaban J connectivity index is 1.33. The summed E-state index contributed by atoms with van der Waals surface area (Å²) in [5.41, 5.74) is 2.47. The lowest BCUT2D eigenvalue weighted by Crippen LogP contribution is -2.47. The summed E-state index contributed by atoms with van der Waals surface area (Å²) >= 11 is 30.9. The molecule has 2 fully saturated rings. The minimum atomic E-state index is 0.360. The molecule has 0 aliphatic carbocycles. The zero-order valence-electron chi connectivity index (χ0n) is 32.9. The molecular weight excluding hydrogens is 885 g/mol. The predicted molar refractivity (Wildman–Crippen MR) is 275 cm³/mol. The third kappa shape index (κ3) is 20.1. The summed E-state index contributed by atoms with van der Waals surface area (Å²) in [4.78, 5) is 10.0. The fourth-order valence-corrected chi connectivity index (χ4v) is 15.4. The summed E-state index contributed by atoms with van der Waals surface area (Å²) in [6, 6.07) is 20.9. The molecule has 2 unspecified atom stereocenters. The number of unbranched alkanes of at least 4 members (excludes halogenated alkanes) is 2. The molecule has 2 aromatic rings. The Morgan fingerprint density at radius 2 is 0.893 bits per heavy atom. The van der Waals surface area contributed by atoms with Crippen molar-refractivity contribution < 1.29 is 0 Å². The van der Waals surface area contributed by atoms with Gasteiger partial charge in [-0.15, -0.1) is 0 Å². The Morgan fingerprint density at radius 3 is 1.25 bits per heavy atom. The molecule has 16 heteroatoms. The number of hydrogen-bond acceptors (Lipinski definition) is 12. The van der Waals surface area contributed by atoms with E-state index >= 15 is 0 Å². The zero-order valence-corrected chi connectivity index (χ0v) is 41.1. The first-order valence-corrected chi connectivity index (χ1v) is 27.7. The van der Waals surface area contributed by atoms with E-state index in [4.69, 9.17) is 48.9 Å². The molecule has 2 atom stereocenters. The molecule has 0 amide bonds. The molecule has 4 rings (SSSR count). The minimum absolute atomic E-state index is 0.360. The molecular formula is C40H60N6S10. The first-order chi connectivity index (χ1) is 27.3. The zero-order chi connectivity index (χ0) is 39.8. The van der Waals surface area contributed by atoms with E-state index in [0.717, 1.165) is 106 Å². The van der Waals surface area contributed by atoms with E-state index in [1.54, 1.807) is 23.5 Å². The fraction of sp³-hybridized carbons (Fsp3) is 0.600. The smallest absolute Gasteiger partial charge is 0.136 e. The Hall–Kier alpha value is 0.0200. The van der Waals surface area contributed by atoms with Crippen LogP contribution in [0.1, 0.15) is 50.7 Å². The second-order valence-corrected chi connectivity index (χ2v) is 23.4. The number of benzene rings is 2. The van der Waals surface area contributed by atoms with E-state index in [2.05, 4.69) is 92.6 Å². The minimum Gasteiger partial charge on any atom is -0.367 e. The van der Waals surface area contributed by atoms with Crippen molar-refractivity contribution in [1.29, 1.82) is 0 Å². The molecule has 6 nitrogen and oxygen atoms in total. The van der Waals surface area contributed by atoms with Crippen molar-refractivity contribution in [1.82, 2.24) is 30.2 Å². The lowest BCUT2D eigenvalue weighted by molar-refractivity contribution is 0.183. The van der Waals surface area contributed by atoms with Gasteiger partial charge in [-0.2, -0.15) is 0 Å². The van der Waals surface area contributed by atoms with Crippen molar-refractivity contribution in [3.8, 4) is 0 Å². The number of hydrogen-bond donors (Lipinski definition) is 2. The van der Waals surface area contributed by atoms with E-state index in [9.17, 15) is 0 Å². The lowest BCUT2D eigenvalue weighted by Gasteiger charge is -2.36. The molecule has 0 radical (unpaired) electrons. The van der Waals surface area contributed by atoms with Gasteiger partial charge in [0.1, 0.15) is 17.3 Å². The van der Waals surface area contributed by atoms with Crippen molar-refractivity contribution in [2.45, 2.75) is 63.1 Å². The molecule has 2 aliphatic rings. The molecule has 0 saturated carbocycles. The summed E-state index contributed by atoms with van der Waals surface area (Å²) in [5, 5.41) is 7.66. The van der Waals surface area contributed by atoms with E-state index in [-0.39, 0.29) is 0 Å². The average molecular weight is 946 g/mol. The summed E-state index contributed by atoms with van der Waals surface area (Å²) in [6.07, 6.45) is 5.03. The first-order valence-electron chi connectivity index (χ1n) is 19.8. The van der Waals surface area contributed by atoms with Crippen molar-refractivity contribution in [2.75, 3.05) is 88.5 Å². The van der Waals surface area contributed by atoms with Gasteiger partial charge in [0.25, 0.3) is 0 Å². The summed E-state index contributed by atoms with van der Waals surface area (Å²) in [5.74, 6) is 3.74. The molecule has 2 aromatic carbocycles. The average Bonchev–Trinajstić information content (AvgIpc) is 3.24. The molecule has 0 spiro atoms. The quantitative estimate of drug-likeness (QED) is 0.0922. The molecule has 0 aromatic heterocycles. The standard InChI is InChI=1S/C40H60N6S10/c1-3-5-17-43-19-23-45(24-20-43)39(49)53-31-35(29-51-37(47)41-27-33-13-9-7-10-14-33)55-56-36(30-52-38(48)42-28-34-15-11-8-12-16-34)32-54-40(50)46-25-21-44(22-26-46)18-6-4-2/h7-16,35-36H,3-6,17-32H2,1-2H3,(H,41,47)(H,42,48). The van der Waals surface area contributed by atoms with Gasteiger partial charge in [-0.3, -0.25) is 9.80 Å². The van der Waals surface area contributed by atoms with Gasteiger partial charge in [-0.1, -0.05) is 205 Å². The Kier molecular flexibility index (Phi) is 25.5. The number of nitrogens with zero attached hydrogens (tertiary/aromatic N) is 4. The van der Waals surface area contributed by atoms with Crippen LogP contribution >= 0.6 is 118 Å². The summed E-state index contributed by atoms with van der Waals surface area (Å²) < 4.78 is 3.75. The number of thioether (sulfide) groups is 4. The van der Waals surface area contributed by atoms with E-state index < -0.39 is 0 Å². The highest BCUT2D eigenvalue weighted by Crippen LogP contribution is 2.38. The SMILES string of the molecule is CCCCN1CCN(C(=S)SCC(CSC(=S)NCc2ccccc2)SSC(CSC(=S)NCc2ccccc2)CSC(=S)N2CCN(CCCC)CC2)CC1. The maximum absolute atomic E-state index is 6.04. The van der Waals surface area contributed by atoms with Gasteiger partial charge in [-0.25, -0.2) is 0 Å². The van der Waals surface area contributed by atoms with Gasteiger partial charge in [0.05, 0.1) is 0 Å². The van der Waals surface area contributed by atoms with Gasteiger partial charge < -0.3 is 20.4 Å². The predicted octanol–water partition coefficient (Wildman–Crippen LogP) is 9.59. The van der Waals surface area contributed by atoms with Crippen LogP contribution in [0.15, 0.2) is 60.7 Å². The summed E-state index contributed by atoms with van der Waals surface area (Å²) in [6.45, 7) is 16.9. The Bertz CT molecular complexity index is 1320. The lowest BCUT2D eigenvalue weighted by atomic mass is 10.2. The fourth-order valence-electron chi connectivity index (χ4n) is 5.93. The van der Waals surface area contributed by atoms with Crippen LogP contribution in [0.5, 0.6) is 0 Å². The monoisotopic (exact) mass is 944 g/mol. The number of rotatable bonds is 21. The van der Waals surface area contributed by atoms with E-state index in [1.807, 2.05) is 57.2 Å². The number of piperazine rings is 2. The van der Waals surface area contributed by atoms with Gasteiger partial charge >= 0.3 is 0 Å². The topological polar surface area (TPSA) is 37.0 Å². The largest absolute Gasteiger partial charge is 0.367 e. The molecule has 2 N–H and O–H groups in total. The van der Waals surface area contributed by atoms with Gasteiger partial charge in [0.15, 0.2) is 0 Å². The van der Waals surface area contributed by atoms with Crippen LogP contribution in [0.4, 0.5) is 0 Å². The normalized spacial score (nSPS) is 16.3. The first kappa shape index (κ1) is 48.7. The van der Waals surface area contributed by atoms with Crippen LogP contribution in [-0.4, -0.2) is 136 Å². The Labute approximate surface area is 384 Å². The Morgan fingerprint density at radius 1 is 0.536 bits per heavy atom. The maximum Gasteiger partial charge on any atom is 0.136 e. The number of thiocarbonyl (C=S) groups is 4. The van der Waals surface area contributed by atoms with E-state index in [0.29, 0.717) is 10.5 Å². The van der Waals surface area contributed by atoms with Crippen LogP contribution < -0.4 is 10.6 Å². The van der Waals surface area contributed by atoms with Crippen LogP contribution in [0.2, 0.25) is 0 Å². The highest BCUT2D eigenvalue weighted by molar-refractivity contribution is 8.77. The highest BCUT2D eigenvalue weighted by Gasteiger charge is 2.24. The third-order valence-corrected chi connectivity index (χ3v) is 19.8. The van der Waals surface area contributed by atoms with Crippen molar-refractivity contribution in [3.05, 3.63) is 71.8 Å². The molecule has 310 valence electrons. The molecule has 2 aliphatic heterocycles. The summed E-state index contributed by atoms with van der Waals surface area (Å²) in [7, 11) is 3.98. The van der Waals surface area contributed by atoms with Crippen LogP contribution in [0, 0.1) is 0 Å². The van der Waals surface area contributed by atoms with Crippen molar-refractivity contribution in [3.63, 3.8) is 0 Å². The number of nitrogens with one attached hydrogen (secondary N) is 2. The van der Waals surface area contributed by atoms with Crippen LogP contribution in [0.3, 0.4) is 0 Å². The van der Waals surface area contributed by atoms with Crippen LogP contribution in [-0.2, 0) is 13.1 Å². The van der Waals surface area contributed by atoms with Crippen LogP contribution in [0.25, 0.3) is 0 Å². The molecule has 56 heavy (non-hydrogen) atoms. The molecule has 0 bridgehead atoms. The highest BCUT2D eigenvalue weighted by atomic mass is 33.1. The van der Waals surface area contributed by atoms with Gasteiger partial charge in [0.2, 0.25) is 0 Å². The molecule has 2 heterocycles.